The van der Waals surface area contributed by atoms with Crippen molar-refractivity contribution in [3.8, 4) is 11.1 Å². The molecule has 0 aliphatic heterocycles. The first-order valence-corrected chi connectivity index (χ1v) is 8.15. The first-order chi connectivity index (χ1) is 9.91. The van der Waals surface area contributed by atoms with Crippen LogP contribution >= 0.6 is 0 Å². The average Bonchev–Trinajstić information content (AvgIpc) is 2.46. The van der Waals surface area contributed by atoms with Gasteiger partial charge in [-0.25, -0.2) is 0 Å². The lowest BCUT2D eigenvalue weighted by atomic mass is 9.82. The maximum atomic E-state index is 2.45. The van der Waals surface area contributed by atoms with Crippen molar-refractivity contribution in [2.45, 2.75) is 59.3 Å². The Morgan fingerprint density at radius 2 is 1.05 bits per heavy atom. The molecule has 0 aliphatic carbocycles. The molecule has 0 radical (unpaired) electrons. The summed E-state index contributed by atoms with van der Waals surface area (Å²) in [5, 5.41) is 0. The molecule has 0 aromatic heterocycles. The Kier molecular flexibility index (Phi) is 4.88. The lowest BCUT2D eigenvalue weighted by Gasteiger charge is -2.22. The van der Waals surface area contributed by atoms with Gasteiger partial charge in [0.15, 0.2) is 0 Å². The second-order valence-corrected chi connectivity index (χ2v) is 6.90. The maximum Gasteiger partial charge on any atom is -0.0146 e. The number of hydrogen-bond acceptors (Lipinski definition) is 0. The van der Waals surface area contributed by atoms with Crippen LogP contribution in [0.4, 0.5) is 0 Å². The van der Waals surface area contributed by atoms with E-state index in [1.54, 1.807) is 0 Å². The minimum atomic E-state index is 0.541. The minimum Gasteiger partial charge on any atom is -0.0622 e. The van der Waals surface area contributed by atoms with E-state index >= 15 is 0 Å². The molecule has 2 aromatic rings. The van der Waals surface area contributed by atoms with Crippen molar-refractivity contribution >= 4 is 0 Å². The van der Waals surface area contributed by atoms with Crippen LogP contribution in [-0.4, -0.2) is 0 Å². The molecule has 0 amide bonds. The molecular weight excluding hydrogens is 252 g/mol. The summed E-state index contributed by atoms with van der Waals surface area (Å²) in [5.74, 6) is 1.68. The monoisotopic (exact) mass is 280 g/mol. The van der Waals surface area contributed by atoms with Gasteiger partial charge in [0.05, 0.1) is 0 Å². The van der Waals surface area contributed by atoms with Gasteiger partial charge in [-0.05, 0) is 45.6 Å². The van der Waals surface area contributed by atoms with Gasteiger partial charge in [0.25, 0.3) is 0 Å². The lowest BCUT2D eigenvalue weighted by molar-refractivity contribution is 0.779. The van der Waals surface area contributed by atoms with E-state index in [1.807, 2.05) is 0 Å². The summed E-state index contributed by atoms with van der Waals surface area (Å²) in [6.07, 6.45) is 0. The number of benzene rings is 2. The summed E-state index contributed by atoms with van der Waals surface area (Å²) < 4.78 is 0. The molecule has 0 bridgehead atoms. The average molecular weight is 280 g/mol. The summed E-state index contributed by atoms with van der Waals surface area (Å²) in [6, 6.07) is 15.7. The fourth-order valence-corrected chi connectivity index (χ4v) is 3.00. The zero-order valence-corrected chi connectivity index (χ0v) is 14.3. The first-order valence-electron chi connectivity index (χ1n) is 8.15. The fraction of sp³-hybridized carbons (Fsp3) is 0.429. The van der Waals surface area contributed by atoms with Crippen LogP contribution in [0.1, 0.15) is 76.0 Å². The molecule has 0 unspecified atom stereocenters. The Balaban J connectivity index is 2.71. The largest absolute Gasteiger partial charge is 0.0622 e. The van der Waals surface area contributed by atoms with E-state index in [-0.39, 0.29) is 0 Å². The van der Waals surface area contributed by atoms with Gasteiger partial charge in [0, 0.05) is 0 Å². The highest BCUT2D eigenvalue weighted by Crippen LogP contribution is 2.36. The minimum absolute atomic E-state index is 0.541. The molecule has 2 rings (SSSR count). The van der Waals surface area contributed by atoms with Crippen molar-refractivity contribution in [3.63, 3.8) is 0 Å². The zero-order valence-electron chi connectivity index (χ0n) is 14.3. The Labute approximate surface area is 130 Å². The summed E-state index contributed by atoms with van der Waals surface area (Å²) in [4.78, 5) is 0. The normalized spacial score (nSPS) is 11.7. The highest BCUT2D eigenvalue weighted by atomic mass is 14.2. The van der Waals surface area contributed by atoms with Crippen LogP contribution < -0.4 is 0 Å². The van der Waals surface area contributed by atoms with Crippen LogP contribution in [0.5, 0.6) is 0 Å². The third-order valence-electron chi connectivity index (χ3n) is 4.21. The van der Waals surface area contributed by atoms with Crippen LogP contribution in [0, 0.1) is 0 Å². The molecule has 0 saturated heterocycles. The Morgan fingerprint density at radius 3 is 1.52 bits per heavy atom. The van der Waals surface area contributed by atoms with Gasteiger partial charge in [0.1, 0.15) is 0 Å². The fourth-order valence-electron chi connectivity index (χ4n) is 3.00. The van der Waals surface area contributed by atoms with Crippen molar-refractivity contribution < 1.29 is 0 Å². The SMILES string of the molecule is CC(C)c1cc(C(C)C)c(C(C)C)cc1-c1ccccc1. The van der Waals surface area contributed by atoms with E-state index in [1.165, 1.54) is 27.8 Å². The molecule has 0 spiro atoms. The van der Waals surface area contributed by atoms with Crippen molar-refractivity contribution in [1.29, 1.82) is 0 Å². The molecule has 2 aromatic carbocycles. The van der Waals surface area contributed by atoms with Gasteiger partial charge in [-0.3, -0.25) is 0 Å². The Morgan fingerprint density at radius 1 is 0.571 bits per heavy atom. The molecule has 0 heteroatoms. The molecule has 0 aliphatic rings. The van der Waals surface area contributed by atoms with E-state index in [0.29, 0.717) is 17.8 Å². The van der Waals surface area contributed by atoms with E-state index in [4.69, 9.17) is 0 Å². The van der Waals surface area contributed by atoms with Gasteiger partial charge < -0.3 is 0 Å². The van der Waals surface area contributed by atoms with Crippen LogP contribution in [-0.2, 0) is 0 Å². The smallest absolute Gasteiger partial charge is 0.0146 e. The number of hydrogen-bond donors (Lipinski definition) is 0. The summed E-state index contributed by atoms with van der Waals surface area (Å²) in [7, 11) is 0. The Hall–Kier alpha value is -1.56. The van der Waals surface area contributed by atoms with Crippen LogP contribution in [0.3, 0.4) is 0 Å². The maximum absolute atomic E-state index is 2.45. The van der Waals surface area contributed by atoms with E-state index in [0.717, 1.165) is 0 Å². The van der Waals surface area contributed by atoms with Crippen LogP contribution in [0.2, 0.25) is 0 Å². The van der Waals surface area contributed by atoms with Gasteiger partial charge in [-0.1, -0.05) is 84.0 Å². The van der Waals surface area contributed by atoms with Crippen molar-refractivity contribution in [3.05, 3.63) is 59.2 Å². The van der Waals surface area contributed by atoms with Crippen LogP contribution in [0.25, 0.3) is 11.1 Å². The number of rotatable bonds is 4. The topological polar surface area (TPSA) is 0 Å². The predicted molar refractivity (Wildman–Crippen MR) is 94.1 cm³/mol. The van der Waals surface area contributed by atoms with E-state index in [9.17, 15) is 0 Å². The van der Waals surface area contributed by atoms with Gasteiger partial charge in [-0.15, -0.1) is 0 Å². The standard InChI is InChI=1S/C21H28/c1-14(2)18-12-20(16(5)6)21(13-19(18)15(3)4)17-10-8-7-9-11-17/h7-16H,1-6H3. The molecule has 0 heterocycles. The van der Waals surface area contributed by atoms with Crippen LogP contribution in [0.15, 0.2) is 42.5 Å². The third kappa shape index (κ3) is 3.37. The molecule has 112 valence electrons. The van der Waals surface area contributed by atoms with Gasteiger partial charge in [0.2, 0.25) is 0 Å². The predicted octanol–water partition coefficient (Wildman–Crippen LogP) is 6.72. The van der Waals surface area contributed by atoms with Crippen molar-refractivity contribution in [1.82, 2.24) is 0 Å². The molecule has 0 N–H and O–H groups in total. The summed E-state index contributed by atoms with van der Waals surface area (Å²) >= 11 is 0. The van der Waals surface area contributed by atoms with Crippen molar-refractivity contribution in [2.24, 2.45) is 0 Å². The zero-order chi connectivity index (χ0) is 15.6. The molecule has 0 atom stereocenters. The van der Waals surface area contributed by atoms with Gasteiger partial charge in [-0.2, -0.15) is 0 Å². The molecule has 0 nitrogen and oxygen atoms in total. The highest BCUT2D eigenvalue weighted by Gasteiger charge is 2.17. The first kappa shape index (κ1) is 15.8. The highest BCUT2D eigenvalue weighted by molar-refractivity contribution is 5.70. The van der Waals surface area contributed by atoms with Crippen molar-refractivity contribution in [2.75, 3.05) is 0 Å². The van der Waals surface area contributed by atoms with E-state index in [2.05, 4.69) is 84.0 Å². The lowest BCUT2D eigenvalue weighted by Crippen LogP contribution is -2.03. The quantitative estimate of drug-likeness (QED) is 0.583. The Bertz CT molecular complexity index is 589. The molecule has 0 saturated carbocycles. The molecule has 0 fully saturated rings. The summed E-state index contributed by atoms with van der Waals surface area (Å²) in [6.45, 7) is 13.8. The second kappa shape index (κ2) is 6.47. The molecule has 21 heavy (non-hydrogen) atoms. The molecular formula is C21H28. The second-order valence-electron chi connectivity index (χ2n) is 6.90. The summed E-state index contributed by atoms with van der Waals surface area (Å²) in [5.41, 5.74) is 7.20. The van der Waals surface area contributed by atoms with Gasteiger partial charge >= 0.3 is 0 Å². The van der Waals surface area contributed by atoms with E-state index < -0.39 is 0 Å². The third-order valence-corrected chi connectivity index (χ3v) is 4.21.